The Morgan fingerprint density at radius 3 is 2.31 bits per heavy atom. The van der Waals surface area contributed by atoms with Crippen LogP contribution in [0, 0.1) is 0 Å². The van der Waals surface area contributed by atoms with Gasteiger partial charge >= 0.3 is 0 Å². The zero-order valence-corrected chi connectivity index (χ0v) is 17.1. The number of primary amides is 1. The molecule has 1 aliphatic rings. The van der Waals surface area contributed by atoms with Crippen LogP contribution in [0.1, 0.15) is 27.5 Å². The Hall–Kier alpha value is -4.36. The molecule has 5 N–H and O–H groups in total. The summed E-state index contributed by atoms with van der Waals surface area (Å²) in [5, 5.41) is 0. The summed E-state index contributed by atoms with van der Waals surface area (Å²) in [6, 6.07) is 19.6. The molecule has 7 heteroatoms. The lowest BCUT2D eigenvalue weighted by molar-refractivity contribution is 0.1000. The Kier molecular flexibility index (Phi) is 4.93. The maximum atomic E-state index is 10.4. The molecule has 1 amide bonds. The first-order valence-electron chi connectivity index (χ1n) is 10.1. The molecule has 0 fully saturated rings. The first-order chi connectivity index (χ1) is 15.6. The number of amides is 1. The standard InChI is InChI=1S/C19H14N4.C6H6N2O/c20-18-12-5-2-1-4-11(12)17-13(18)6-3-7-14(17)19-22-15-8-9-21-10-16(15)23-19;7-6(9)5-1-3-8-4-2-5/h1-10,18H,20H2,(H,22,23);1-4H,(H2,7,9). The second-order valence-electron chi connectivity index (χ2n) is 7.41. The molecule has 1 unspecified atom stereocenters. The Morgan fingerprint density at radius 1 is 0.844 bits per heavy atom. The fourth-order valence-corrected chi connectivity index (χ4v) is 3.99. The van der Waals surface area contributed by atoms with Crippen molar-refractivity contribution in [3.05, 3.63) is 102 Å². The Morgan fingerprint density at radius 2 is 1.56 bits per heavy atom. The van der Waals surface area contributed by atoms with Gasteiger partial charge in [0.25, 0.3) is 0 Å². The number of carbonyl (C=O) groups excluding carboxylic acids is 1. The van der Waals surface area contributed by atoms with Crippen LogP contribution >= 0.6 is 0 Å². The van der Waals surface area contributed by atoms with E-state index in [9.17, 15) is 4.79 Å². The maximum absolute atomic E-state index is 10.4. The predicted octanol–water partition coefficient (Wildman–Crippen LogP) is 3.83. The molecular weight excluding hydrogens is 400 g/mol. The molecule has 5 aromatic rings. The summed E-state index contributed by atoms with van der Waals surface area (Å²) in [5.74, 6) is 0.436. The van der Waals surface area contributed by atoms with Gasteiger partial charge in [-0.15, -0.1) is 0 Å². The molecule has 0 aliphatic heterocycles. The Labute approximate surface area is 184 Å². The third-order valence-corrected chi connectivity index (χ3v) is 5.50. The van der Waals surface area contributed by atoms with Crippen LogP contribution in [0.5, 0.6) is 0 Å². The van der Waals surface area contributed by atoms with Gasteiger partial charge in [-0.25, -0.2) is 4.98 Å². The van der Waals surface area contributed by atoms with Gasteiger partial charge in [0.15, 0.2) is 0 Å². The first-order valence-corrected chi connectivity index (χ1v) is 10.1. The normalized spacial score (nSPS) is 13.7. The molecule has 0 saturated heterocycles. The highest BCUT2D eigenvalue weighted by Crippen LogP contribution is 2.46. The monoisotopic (exact) mass is 420 g/mol. The van der Waals surface area contributed by atoms with Gasteiger partial charge in [-0.05, 0) is 40.5 Å². The number of hydrogen-bond acceptors (Lipinski definition) is 5. The second-order valence-corrected chi connectivity index (χ2v) is 7.41. The van der Waals surface area contributed by atoms with E-state index in [1.165, 1.54) is 29.1 Å². The van der Waals surface area contributed by atoms with Crippen molar-refractivity contribution in [2.45, 2.75) is 6.04 Å². The first kappa shape index (κ1) is 19.6. The topological polar surface area (TPSA) is 124 Å². The van der Waals surface area contributed by atoms with Crippen molar-refractivity contribution < 1.29 is 4.79 Å². The van der Waals surface area contributed by atoms with Crippen LogP contribution in [0.3, 0.4) is 0 Å². The number of nitrogens with two attached hydrogens (primary N) is 2. The number of nitrogens with zero attached hydrogens (tertiary/aromatic N) is 3. The van der Waals surface area contributed by atoms with Gasteiger partial charge in [0.1, 0.15) is 5.82 Å². The molecule has 1 atom stereocenters. The molecule has 1 aliphatic carbocycles. The molecule has 2 aromatic carbocycles. The predicted molar refractivity (Wildman–Crippen MR) is 124 cm³/mol. The lowest BCUT2D eigenvalue weighted by Gasteiger charge is -2.08. The van der Waals surface area contributed by atoms with Gasteiger partial charge in [-0.3, -0.25) is 14.8 Å². The largest absolute Gasteiger partial charge is 0.366 e. The van der Waals surface area contributed by atoms with Crippen molar-refractivity contribution in [2.75, 3.05) is 0 Å². The van der Waals surface area contributed by atoms with Crippen LogP contribution in [0.15, 0.2) is 85.5 Å². The van der Waals surface area contributed by atoms with Crippen molar-refractivity contribution in [3.63, 3.8) is 0 Å². The van der Waals surface area contributed by atoms with Gasteiger partial charge < -0.3 is 16.5 Å². The van der Waals surface area contributed by atoms with Gasteiger partial charge in [-0.1, -0.05) is 42.5 Å². The summed E-state index contributed by atoms with van der Waals surface area (Å²) in [6.45, 7) is 0. The molecule has 0 saturated carbocycles. The van der Waals surface area contributed by atoms with Gasteiger partial charge in [0, 0.05) is 29.7 Å². The number of H-pyrrole nitrogens is 1. The van der Waals surface area contributed by atoms with E-state index in [1.54, 1.807) is 24.5 Å². The SMILES string of the molecule is NC(=O)c1ccncc1.NC1c2ccccc2-c2c(-c3nc4ccncc4[nH]3)cccc21. The Bertz CT molecular complexity index is 1390. The smallest absolute Gasteiger partial charge is 0.248 e. The number of benzene rings is 2. The number of imidazole rings is 1. The molecule has 6 rings (SSSR count). The number of nitrogens with one attached hydrogen (secondary N) is 1. The van der Waals surface area contributed by atoms with Crippen LogP contribution in [0.25, 0.3) is 33.5 Å². The van der Waals surface area contributed by atoms with E-state index in [4.69, 9.17) is 16.5 Å². The third kappa shape index (κ3) is 3.40. The number of carbonyl (C=O) groups is 1. The molecule has 0 spiro atoms. The molecule has 0 radical (unpaired) electrons. The minimum Gasteiger partial charge on any atom is -0.366 e. The molecule has 3 aromatic heterocycles. The zero-order chi connectivity index (χ0) is 22.1. The highest BCUT2D eigenvalue weighted by atomic mass is 16.1. The zero-order valence-electron chi connectivity index (χ0n) is 17.1. The van der Waals surface area contributed by atoms with E-state index in [0.29, 0.717) is 5.56 Å². The maximum Gasteiger partial charge on any atom is 0.248 e. The number of pyridine rings is 2. The summed E-state index contributed by atoms with van der Waals surface area (Å²) >= 11 is 0. The van der Waals surface area contributed by atoms with Crippen molar-refractivity contribution >= 4 is 16.9 Å². The second kappa shape index (κ2) is 8.05. The van der Waals surface area contributed by atoms with E-state index in [-0.39, 0.29) is 6.04 Å². The van der Waals surface area contributed by atoms with Crippen LogP contribution < -0.4 is 11.5 Å². The fourth-order valence-electron chi connectivity index (χ4n) is 3.99. The summed E-state index contributed by atoms with van der Waals surface area (Å²) in [6.07, 6.45) is 6.61. The van der Waals surface area contributed by atoms with Crippen molar-refractivity contribution in [1.82, 2.24) is 19.9 Å². The Balaban J connectivity index is 0.000000203. The van der Waals surface area contributed by atoms with Crippen LogP contribution in [-0.2, 0) is 0 Å². The highest BCUT2D eigenvalue weighted by molar-refractivity contribution is 5.92. The fraction of sp³-hybridized carbons (Fsp3) is 0.0400. The van der Waals surface area contributed by atoms with Crippen LogP contribution in [0.2, 0.25) is 0 Å². The molecule has 7 nitrogen and oxygen atoms in total. The average molecular weight is 420 g/mol. The molecule has 32 heavy (non-hydrogen) atoms. The quantitative estimate of drug-likeness (QED) is 0.400. The number of rotatable bonds is 2. The number of aromatic nitrogens is 4. The van der Waals surface area contributed by atoms with E-state index in [1.807, 2.05) is 18.2 Å². The van der Waals surface area contributed by atoms with Crippen molar-refractivity contribution in [1.29, 1.82) is 0 Å². The van der Waals surface area contributed by atoms with Gasteiger partial charge in [0.2, 0.25) is 5.91 Å². The summed E-state index contributed by atoms with van der Waals surface area (Å²) in [5.41, 5.74) is 19.5. The van der Waals surface area contributed by atoms with E-state index < -0.39 is 5.91 Å². The van der Waals surface area contributed by atoms with E-state index >= 15 is 0 Å². The highest BCUT2D eigenvalue weighted by Gasteiger charge is 2.28. The lowest BCUT2D eigenvalue weighted by atomic mass is 9.99. The van der Waals surface area contributed by atoms with Crippen LogP contribution in [-0.4, -0.2) is 25.8 Å². The third-order valence-electron chi connectivity index (χ3n) is 5.50. The summed E-state index contributed by atoms with van der Waals surface area (Å²) < 4.78 is 0. The average Bonchev–Trinajstić information content (AvgIpc) is 3.40. The number of fused-ring (bicyclic) bond motifs is 4. The van der Waals surface area contributed by atoms with Gasteiger partial charge in [0.05, 0.1) is 23.3 Å². The number of hydrogen-bond donors (Lipinski definition) is 3. The summed E-state index contributed by atoms with van der Waals surface area (Å²) in [7, 11) is 0. The minimum absolute atomic E-state index is 0.0767. The summed E-state index contributed by atoms with van der Waals surface area (Å²) in [4.78, 5) is 26.4. The minimum atomic E-state index is -0.419. The number of aromatic amines is 1. The molecule has 0 bridgehead atoms. The molecule has 3 heterocycles. The van der Waals surface area contributed by atoms with Gasteiger partial charge in [-0.2, -0.15) is 0 Å². The van der Waals surface area contributed by atoms with E-state index in [2.05, 4.69) is 45.3 Å². The van der Waals surface area contributed by atoms with Crippen molar-refractivity contribution in [2.24, 2.45) is 11.5 Å². The van der Waals surface area contributed by atoms with E-state index in [0.717, 1.165) is 28.0 Å². The molecular formula is C25H20N6O. The van der Waals surface area contributed by atoms with Crippen molar-refractivity contribution in [3.8, 4) is 22.5 Å². The molecule has 156 valence electrons. The van der Waals surface area contributed by atoms with Crippen LogP contribution in [0.4, 0.5) is 0 Å². The lowest BCUT2D eigenvalue weighted by Crippen LogP contribution is -2.10.